The Bertz CT molecular complexity index is 601. The van der Waals surface area contributed by atoms with Crippen molar-refractivity contribution in [1.29, 1.82) is 0 Å². The van der Waals surface area contributed by atoms with E-state index >= 15 is 0 Å². The first kappa shape index (κ1) is 16.3. The Labute approximate surface area is 130 Å². The molecule has 0 spiro atoms. The summed E-state index contributed by atoms with van der Waals surface area (Å²) in [6.45, 7) is 2.48. The molecule has 0 bridgehead atoms. The second kappa shape index (κ2) is 6.77. The number of benzene rings is 1. The van der Waals surface area contributed by atoms with Crippen molar-refractivity contribution in [2.24, 2.45) is 5.92 Å². The van der Waals surface area contributed by atoms with Crippen LogP contribution in [-0.4, -0.2) is 37.6 Å². The van der Waals surface area contributed by atoms with Crippen LogP contribution in [0.25, 0.3) is 0 Å². The molecule has 1 aliphatic heterocycles. The highest BCUT2D eigenvalue weighted by Gasteiger charge is 2.32. The van der Waals surface area contributed by atoms with Crippen molar-refractivity contribution in [1.82, 2.24) is 4.31 Å². The van der Waals surface area contributed by atoms with E-state index < -0.39 is 10.0 Å². The molecule has 0 radical (unpaired) electrons. The van der Waals surface area contributed by atoms with Crippen LogP contribution in [0, 0.1) is 5.92 Å². The van der Waals surface area contributed by atoms with Gasteiger partial charge in [0.15, 0.2) is 0 Å². The molecule has 1 heterocycles. The molecule has 0 aliphatic carbocycles. The van der Waals surface area contributed by atoms with Gasteiger partial charge in [0, 0.05) is 31.6 Å². The number of nitrogens with zero attached hydrogens (tertiary/aromatic N) is 1. The molecule has 0 aromatic heterocycles. The van der Waals surface area contributed by atoms with Gasteiger partial charge in [-0.05, 0) is 43.0 Å². The summed E-state index contributed by atoms with van der Waals surface area (Å²) in [5, 5.41) is 2.61. The van der Waals surface area contributed by atoms with Crippen molar-refractivity contribution in [3.63, 3.8) is 0 Å². The summed E-state index contributed by atoms with van der Waals surface area (Å²) in [6.07, 6.45) is 1.70. The second-order valence-corrected chi connectivity index (χ2v) is 7.52. The molecule has 1 aromatic rings. The number of alkyl halides is 1. The van der Waals surface area contributed by atoms with E-state index in [4.69, 9.17) is 11.6 Å². The van der Waals surface area contributed by atoms with E-state index in [1.165, 1.54) is 23.4 Å². The lowest BCUT2D eigenvalue weighted by atomic mass is 10.1. The maximum absolute atomic E-state index is 12.5. The molecule has 1 fully saturated rings. The van der Waals surface area contributed by atoms with Crippen LogP contribution < -0.4 is 5.32 Å². The molecule has 1 atom stereocenters. The quantitative estimate of drug-likeness (QED) is 0.842. The van der Waals surface area contributed by atoms with Crippen LogP contribution in [0.3, 0.4) is 0 Å². The Morgan fingerprint density at radius 1 is 1.38 bits per heavy atom. The monoisotopic (exact) mass is 330 g/mol. The smallest absolute Gasteiger partial charge is 0.243 e. The summed E-state index contributed by atoms with van der Waals surface area (Å²) in [7, 11) is -3.46. The van der Waals surface area contributed by atoms with Gasteiger partial charge in [0.25, 0.3) is 0 Å². The number of carbonyl (C=O) groups is 1. The van der Waals surface area contributed by atoms with Gasteiger partial charge in [-0.1, -0.05) is 0 Å². The SMILES string of the molecule is CC(=O)Nc1ccc(S(=O)(=O)N2CCC(CCCl)C2)cc1. The molecule has 116 valence electrons. The molecule has 1 amide bonds. The van der Waals surface area contributed by atoms with Gasteiger partial charge in [0.2, 0.25) is 15.9 Å². The molecule has 1 unspecified atom stereocenters. The van der Waals surface area contributed by atoms with Crippen LogP contribution in [-0.2, 0) is 14.8 Å². The summed E-state index contributed by atoms with van der Waals surface area (Å²) in [6, 6.07) is 6.24. The Morgan fingerprint density at radius 2 is 2.05 bits per heavy atom. The first-order valence-electron chi connectivity index (χ1n) is 6.87. The molecule has 1 aromatic carbocycles. The van der Waals surface area contributed by atoms with Crippen LogP contribution in [0.4, 0.5) is 5.69 Å². The summed E-state index contributed by atoms with van der Waals surface area (Å²) in [4.78, 5) is 11.2. The number of nitrogens with one attached hydrogen (secondary N) is 1. The van der Waals surface area contributed by atoms with Gasteiger partial charge in [-0.2, -0.15) is 4.31 Å². The summed E-state index contributed by atoms with van der Waals surface area (Å²) < 4.78 is 26.6. The van der Waals surface area contributed by atoms with E-state index in [1.54, 1.807) is 12.1 Å². The van der Waals surface area contributed by atoms with Crippen LogP contribution in [0.5, 0.6) is 0 Å². The highest BCUT2D eigenvalue weighted by atomic mass is 35.5. The first-order valence-corrected chi connectivity index (χ1v) is 8.84. The normalized spacial score (nSPS) is 19.6. The fourth-order valence-electron chi connectivity index (χ4n) is 2.47. The molecular weight excluding hydrogens is 312 g/mol. The van der Waals surface area contributed by atoms with Crippen molar-refractivity contribution in [2.75, 3.05) is 24.3 Å². The highest BCUT2D eigenvalue weighted by molar-refractivity contribution is 7.89. The number of halogens is 1. The summed E-state index contributed by atoms with van der Waals surface area (Å²) in [5.74, 6) is 0.717. The van der Waals surface area contributed by atoms with Gasteiger partial charge in [-0.15, -0.1) is 11.6 Å². The maximum Gasteiger partial charge on any atom is 0.243 e. The van der Waals surface area contributed by atoms with E-state index in [-0.39, 0.29) is 10.8 Å². The number of sulfonamides is 1. The topological polar surface area (TPSA) is 66.5 Å². The predicted molar refractivity (Wildman–Crippen MR) is 82.9 cm³/mol. The molecule has 5 nitrogen and oxygen atoms in total. The van der Waals surface area contributed by atoms with Gasteiger partial charge < -0.3 is 5.32 Å². The lowest BCUT2D eigenvalue weighted by Gasteiger charge is -2.16. The minimum Gasteiger partial charge on any atom is -0.326 e. The van der Waals surface area contributed by atoms with E-state index in [1.807, 2.05) is 0 Å². The minimum atomic E-state index is -3.46. The Kier molecular flexibility index (Phi) is 5.24. The third-order valence-electron chi connectivity index (χ3n) is 3.58. The zero-order valence-corrected chi connectivity index (χ0v) is 13.5. The van der Waals surface area contributed by atoms with Crippen molar-refractivity contribution < 1.29 is 13.2 Å². The van der Waals surface area contributed by atoms with Crippen LogP contribution >= 0.6 is 11.6 Å². The molecular formula is C14H19ClN2O3S. The average molecular weight is 331 g/mol. The van der Waals surface area contributed by atoms with Gasteiger partial charge in [-0.25, -0.2) is 8.42 Å². The van der Waals surface area contributed by atoms with Crippen molar-refractivity contribution >= 4 is 33.2 Å². The lowest BCUT2D eigenvalue weighted by Crippen LogP contribution is -2.29. The van der Waals surface area contributed by atoms with Gasteiger partial charge in [0.1, 0.15) is 0 Å². The summed E-state index contributed by atoms with van der Waals surface area (Å²) in [5.41, 5.74) is 0.586. The third-order valence-corrected chi connectivity index (χ3v) is 5.68. The van der Waals surface area contributed by atoms with E-state index in [0.717, 1.165) is 12.8 Å². The first-order chi connectivity index (χ1) is 9.93. The van der Waals surface area contributed by atoms with E-state index in [0.29, 0.717) is 30.6 Å². The lowest BCUT2D eigenvalue weighted by molar-refractivity contribution is -0.114. The molecule has 7 heteroatoms. The fourth-order valence-corrected chi connectivity index (χ4v) is 4.31. The number of anilines is 1. The minimum absolute atomic E-state index is 0.186. The van der Waals surface area contributed by atoms with Crippen molar-refractivity contribution in [3.05, 3.63) is 24.3 Å². The van der Waals surface area contributed by atoms with Gasteiger partial charge in [0.05, 0.1) is 4.90 Å². The Morgan fingerprint density at radius 3 is 2.62 bits per heavy atom. The van der Waals surface area contributed by atoms with Crippen molar-refractivity contribution in [2.45, 2.75) is 24.7 Å². The average Bonchev–Trinajstić information content (AvgIpc) is 2.88. The molecule has 1 saturated heterocycles. The van der Waals surface area contributed by atoms with E-state index in [9.17, 15) is 13.2 Å². The van der Waals surface area contributed by atoms with Crippen LogP contribution in [0.15, 0.2) is 29.2 Å². The number of hydrogen-bond acceptors (Lipinski definition) is 3. The zero-order chi connectivity index (χ0) is 15.5. The Balaban J connectivity index is 2.11. The fraction of sp³-hybridized carbons (Fsp3) is 0.500. The molecule has 21 heavy (non-hydrogen) atoms. The standard InChI is InChI=1S/C14H19ClN2O3S/c1-11(18)16-13-2-4-14(5-3-13)21(19,20)17-9-7-12(10-17)6-8-15/h2-5,12H,6-10H2,1H3,(H,16,18). The van der Waals surface area contributed by atoms with Crippen LogP contribution in [0.1, 0.15) is 19.8 Å². The maximum atomic E-state index is 12.5. The molecule has 1 aliphatic rings. The summed E-state index contributed by atoms with van der Waals surface area (Å²) >= 11 is 5.72. The molecule has 0 saturated carbocycles. The molecule has 2 rings (SSSR count). The predicted octanol–water partition coefficient (Wildman–Crippen LogP) is 2.28. The second-order valence-electron chi connectivity index (χ2n) is 5.20. The van der Waals surface area contributed by atoms with Crippen molar-refractivity contribution in [3.8, 4) is 0 Å². The van der Waals surface area contributed by atoms with Gasteiger partial charge >= 0.3 is 0 Å². The molecule has 1 N–H and O–H groups in total. The largest absolute Gasteiger partial charge is 0.326 e. The third kappa shape index (κ3) is 3.96. The van der Waals surface area contributed by atoms with E-state index in [2.05, 4.69) is 5.32 Å². The number of carbonyl (C=O) groups excluding carboxylic acids is 1. The number of hydrogen-bond donors (Lipinski definition) is 1. The number of rotatable bonds is 5. The van der Waals surface area contributed by atoms with Gasteiger partial charge in [-0.3, -0.25) is 4.79 Å². The zero-order valence-electron chi connectivity index (χ0n) is 11.9. The number of amides is 1. The highest BCUT2D eigenvalue weighted by Crippen LogP contribution is 2.27. The Hall–Kier alpha value is -1.11. The van der Waals surface area contributed by atoms with Crippen LogP contribution in [0.2, 0.25) is 0 Å².